The van der Waals surface area contributed by atoms with Crippen LogP contribution in [0.25, 0.3) is 0 Å². The van der Waals surface area contributed by atoms with E-state index in [1.165, 1.54) is 39.8 Å². The molecule has 2 aromatic rings. The van der Waals surface area contributed by atoms with E-state index in [1.54, 1.807) is 12.1 Å². The number of aromatic nitrogens is 1. The second kappa shape index (κ2) is 9.59. The molecule has 0 spiro atoms. The minimum Gasteiger partial charge on any atom is -0.493 e. The normalized spacial score (nSPS) is 11.3. The molecule has 0 aliphatic carbocycles. The molecule has 28 heavy (non-hydrogen) atoms. The zero-order valence-corrected chi connectivity index (χ0v) is 16.7. The fourth-order valence-electron chi connectivity index (χ4n) is 2.45. The van der Waals surface area contributed by atoms with Gasteiger partial charge in [-0.2, -0.15) is 0 Å². The van der Waals surface area contributed by atoms with Crippen LogP contribution in [-0.2, 0) is 0 Å². The van der Waals surface area contributed by atoms with Gasteiger partial charge < -0.3 is 24.8 Å². The third-order valence-electron chi connectivity index (χ3n) is 4.18. The highest BCUT2D eigenvalue weighted by Crippen LogP contribution is 2.40. The van der Waals surface area contributed by atoms with Crippen molar-refractivity contribution >= 4 is 17.5 Å². The molecule has 2 N–H and O–H groups in total. The predicted octanol–water partition coefficient (Wildman–Crippen LogP) is 2.89. The van der Waals surface area contributed by atoms with E-state index in [2.05, 4.69) is 15.6 Å². The van der Waals surface area contributed by atoms with Gasteiger partial charge in [-0.15, -0.1) is 0 Å². The standard InChI is InChI=1S/C20H25N3O5/c1-6-12(2)22-19(24)13-7-14(11-21-10-13)20(25)23-15-8-16(26-3)18(28-5)17(9-15)27-4/h7-12H,6H2,1-5H3,(H,22,24)(H,23,25). The first kappa shape index (κ1) is 21.0. The number of anilines is 1. The Balaban J connectivity index is 2.24. The van der Waals surface area contributed by atoms with E-state index in [0.29, 0.717) is 28.5 Å². The van der Waals surface area contributed by atoms with Crippen molar-refractivity contribution in [2.45, 2.75) is 26.3 Å². The van der Waals surface area contributed by atoms with E-state index in [1.807, 2.05) is 13.8 Å². The Hall–Kier alpha value is -3.29. The Morgan fingerprint density at radius 1 is 0.964 bits per heavy atom. The van der Waals surface area contributed by atoms with E-state index in [0.717, 1.165) is 6.42 Å². The number of carbonyl (C=O) groups is 2. The van der Waals surface area contributed by atoms with Gasteiger partial charge in [-0.3, -0.25) is 14.6 Å². The van der Waals surface area contributed by atoms with E-state index < -0.39 is 5.91 Å². The molecule has 0 aliphatic heterocycles. The van der Waals surface area contributed by atoms with Crippen LogP contribution in [0.5, 0.6) is 17.2 Å². The molecule has 2 amide bonds. The predicted molar refractivity (Wildman–Crippen MR) is 106 cm³/mol. The highest BCUT2D eigenvalue weighted by Gasteiger charge is 2.16. The SMILES string of the molecule is CCC(C)NC(=O)c1cncc(C(=O)Nc2cc(OC)c(OC)c(OC)c2)c1. The summed E-state index contributed by atoms with van der Waals surface area (Å²) in [5.41, 5.74) is 1.03. The molecule has 2 rings (SSSR count). The number of pyridine rings is 1. The zero-order chi connectivity index (χ0) is 20.7. The smallest absolute Gasteiger partial charge is 0.257 e. The third-order valence-corrected chi connectivity index (χ3v) is 4.18. The van der Waals surface area contributed by atoms with Gasteiger partial charge in [0.2, 0.25) is 5.75 Å². The molecule has 150 valence electrons. The molecule has 0 radical (unpaired) electrons. The van der Waals surface area contributed by atoms with Gasteiger partial charge in [-0.05, 0) is 19.4 Å². The summed E-state index contributed by atoms with van der Waals surface area (Å²) >= 11 is 0. The Labute approximate surface area is 164 Å². The van der Waals surface area contributed by atoms with Crippen molar-refractivity contribution in [1.82, 2.24) is 10.3 Å². The first-order valence-corrected chi connectivity index (χ1v) is 8.80. The number of nitrogens with zero attached hydrogens (tertiary/aromatic N) is 1. The van der Waals surface area contributed by atoms with Gasteiger partial charge in [0, 0.05) is 36.3 Å². The third kappa shape index (κ3) is 4.91. The monoisotopic (exact) mass is 387 g/mol. The maximum atomic E-state index is 12.6. The summed E-state index contributed by atoms with van der Waals surface area (Å²) in [7, 11) is 4.48. The summed E-state index contributed by atoms with van der Waals surface area (Å²) in [5, 5.41) is 5.60. The number of hydrogen-bond donors (Lipinski definition) is 2. The summed E-state index contributed by atoms with van der Waals surface area (Å²) in [5.74, 6) is 0.562. The van der Waals surface area contributed by atoms with Crippen LogP contribution in [0, 0.1) is 0 Å². The molecular weight excluding hydrogens is 362 g/mol. The number of benzene rings is 1. The Kier molecular flexibility index (Phi) is 7.20. The molecule has 0 aliphatic rings. The second-order valence-electron chi connectivity index (χ2n) is 6.11. The molecule has 1 aromatic carbocycles. The number of carbonyl (C=O) groups excluding carboxylic acids is 2. The lowest BCUT2D eigenvalue weighted by molar-refractivity contribution is 0.0939. The number of nitrogens with one attached hydrogen (secondary N) is 2. The Morgan fingerprint density at radius 3 is 2.04 bits per heavy atom. The average Bonchev–Trinajstić information content (AvgIpc) is 2.72. The average molecular weight is 387 g/mol. The molecule has 8 heteroatoms. The largest absolute Gasteiger partial charge is 0.493 e. The van der Waals surface area contributed by atoms with Gasteiger partial charge in [-0.25, -0.2) is 0 Å². The molecule has 1 unspecified atom stereocenters. The number of methoxy groups -OCH3 is 3. The lowest BCUT2D eigenvalue weighted by Gasteiger charge is -2.15. The van der Waals surface area contributed by atoms with Crippen LogP contribution in [0.4, 0.5) is 5.69 Å². The summed E-state index contributed by atoms with van der Waals surface area (Å²) in [6.07, 6.45) is 3.63. The van der Waals surface area contributed by atoms with Crippen LogP contribution in [0.2, 0.25) is 0 Å². The summed E-state index contributed by atoms with van der Waals surface area (Å²) in [6, 6.07) is 4.76. The molecular formula is C20H25N3O5. The van der Waals surface area contributed by atoms with E-state index in [-0.39, 0.29) is 17.5 Å². The molecule has 1 atom stereocenters. The lowest BCUT2D eigenvalue weighted by Crippen LogP contribution is -2.32. The molecule has 0 saturated carbocycles. The topological polar surface area (TPSA) is 98.8 Å². The van der Waals surface area contributed by atoms with Gasteiger partial charge in [0.05, 0.1) is 32.5 Å². The van der Waals surface area contributed by atoms with Crippen LogP contribution in [-0.4, -0.2) is 44.2 Å². The number of rotatable bonds is 8. The van der Waals surface area contributed by atoms with Crippen LogP contribution in [0.15, 0.2) is 30.6 Å². The van der Waals surface area contributed by atoms with Crippen molar-refractivity contribution in [3.63, 3.8) is 0 Å². The van der Waals surface area contributed by atoms with Crippen LogP contribution in [0.1, 0.15) is 41.0 Å². The van der Waals surface area contributed by atoms with Crippen molar-refractivity contribution in [3.8, 4) is 17.2 Å². The summed E-state index contributed by atoms with van der Waals surface area (Å²) in [6.45, 7) is 3.89. The van der Waals surface area contributed by atoms with Gasteiger partial charge in [0.15, 0.2) is 11.5 Å². The number of ether oxygens (including phenoxy) is 3. The number of amides is 2. The molecule has 0 bridgehead atoms. The lowest BCUT2D eigenvalue weighted by atomic mass is 10.1. The van der Waals surface area contributed by atoms with Gasteiger partial charge in [0.1, 0.15) is 0 Å². The molecule has 8 nitrogen and oxygen atoms in total. The van der Waals surface area contributed by atoms with Crippen molar-refractivity contribution in [2.24, 2.45) is 0 Å². The van der Waals surface area contributed by atoms with E-state index >= 15 is 0 Å². The summed E-state index contributed by atoms with van der Waals surface area (Å²) in [4.78, 5) is 28.9. The highest BCUT2D eigenvalue weighted by molar-refractivity contribution is 6.06. The quantitative estimate of drug-likeness (QED) is 0.723. The minimum absolute atomic E-state index is 0.0317. The van der Waals surface area contributed by atoms with Crippen LogP contribution < -0.4 is 24.8 Å². The molecule has 1 aromatic heterocycles. The molecule has 0 fully saturated rings. The maximum absolute atomic E-state index is 12.6. The van der Waals surface area contributed by atoms with Crippen molar-refractivity contribution in [2.75, 3.05) is 26.6 Å². The Morgan fingerprint density at radius 2 is 1.54 bits per heavy atom. The number of hydrogen-bond acceptors (Lipinski definition) is 6. The van der Waals surface area contributed by atoms with Gasteiger partial charge in [0.25, 0.3) is 11.8 Å². The first-order valence-electron chi connectivity index (χ1n) is 8.80. The highest BCUT2D eigenvalue weighted by atomic mass is 16.5. The Bertz CT molecular complexity index is 828. The van der Waals surface area contributed by atoms with Crippen molar-refractivity contribution in [1.29, 1.82) is 0 Å². The van der Waals surface area contributed by atoms with Gasteiger partial charge >= 0.3 is 0 Å². The van der Waals surface area contributed by atoms with E-state index in [9.17, 15) is 9.59 Å². The molecule has 0 saturated heterocycles. The van der Waals surface area contributed by atoms with E-state index in [4.69, 9.17) is 14.2 Å². The maximum Gasteiger partial charge on any atom is 0.257 e. The minimum atomic E-state index is -0.417. The van der Waals surface area contributed by atoms with Crippen molar-refractivity contribution in [3.05, 3.63) is 41.7 Å². The van der Waals surface area contributed by atoms with Crippen LogP contribution >= 0.6 is 0 Å². The van der Waals surface area contributed by atoms with Gasteiger partial charge in [-0.1, -0.05) is 6.92 Å². The fraction of sp³-hybridized carbons (Fsp3) is 0.350. The first-order chi connectivity index (χ1) is 13.4. The zero-order valence-electron chi connectivity index (χ0n) is 16.7. The second-order valence-corrected chi connectivity index (χ2v) is 6.11. The van der Waals surface area contributed by atoms with Crippen molar-refractivity contribution < 1.29 is 23.8 Å². The van der Waals surface area contributed by atoms with Crippen LogP contribution in [0.3, 0.4) is 0 Å². The fourth-order valence-corrected chi connectivity index (χ4v) is 2.45. The summed E-state index contributed by atoms with van der Waals surface area (Å²) < 4.78 is 15.8. The molecule has 1 heterocycles.